The fourth-order valence-corrected chi connectivity index (χ4v) is 6.41. The van der Waals surface area contributed by atoms with Gasteiger partial charge in [-0.3, -0.25) is 0 Å². The Morgan fingerprint density at radius 2 is 1.26 bits per heavy atom. The first-order chi connectivity index (χ1) is 19.9. The normalized spacial score (nSPS) is 29.5. The average Bonchev–Trinajstić information content (AvgIpc) is 3.74. The van der Waals surface area contributed by atoms with E-state index in [4.69, 9.17) is 18.9 Å². The van der Waals surface area contributed by atoms with Crippen LogP contribution >= 0.6 is 0 Å². The molecule has 7 nitrogen and oxygen atoms in total. The van der Waals surface area contributed by atoms with Crippen molar-refractivity contribution in [3.05, 3.63) is 74.4 Å². The Hall–Kier alpha value is -3.19. The molecule has 7 heteroatoms. The first-order valence-electron chi connectivity index (χ1n) is 14.9. The van der Waals surface area contributed by atoms with Gasteiger partial charge in [0.1, 0.15) is 18.8 Å². The zero-order chi connectivity index (χ0) is 31.4. The molecule has 4 aliphatic carbocycles. The number of allylic oxidation sites excluding steroid dienone is 2. The summed E-state index contributed by atoms with van der Waals surface area (Å²) < 4.78 is 20.6. The molecule has 8 atom stereocenters. The molecule has 4 aliphatic rings. The topological polar surface area (TPSA) is 88.1 Å². The monoisotopic (exact) mass is 582 g/mol. The SMILES string of the molecule is C=CC1CC2CC(OC(=O)C(=C)C)C1C2.C=CC1CC2CC1CC2OC(=O)C(=C)C.C=CCOCCOC(=O)C(=C)C. The van der Waals surface area contributed by atoms with Gasteiger partial charge in [0.05, 0.1) is 13.2 Å². The summed E-state index contributed by atoms with van der Waals surface area (Å²) in [6.45, 7) is 28.0. The lowest BCUT2D eigenvalue weighted by molar-refractivity contribution is -0.148. The van der Waals surface area contributed by atoms with Gasteiger partial charge < -0.3 is 18.9 Å². The Bertz CT molecular complexity index is 1040. The van der Waals surface area contributed by atoms with E-state index < -0.39 is 0 Å². The van der Waals surface area contributed by atoms with Gasteiger partial charge in [-0.1, -0.05) is 38.0 Å². The molecule has 4 fully saturated rings. The summed E-state index contributed by atoms with van der Waals surface area (Å²) >= 11 is 0. The molecule has 232 valence electrons. The van der Waals surface area contributed by atoms with E-state index in [1.165, 1.54) is 19.3 Å². The molecule has 0 radical (unpaired) electrons. The molecule has 4 bridgehead atoms. The van der Waals surface area contributed by atoms with E-state index in [0.29, 0.717) is 59.5 Å². The number of hydrogen-bond acceptors (Lipinski definition) is 7. The molecule has 0 amide bonds. The summed E-state index contributed by atoms with van der Waals surface area (Å²) in [6, 6.07) is 0. The standard InChI is InChI=1S/2C13H18O2.C9H14O3/c1-4-10-5-9-6-11(10)12(7-9)15-13(14)8(2)3;1-4-9-5-11-6-10(9)7-12(11)15-13(14)8(2)3;1-4-5-11-6-7-12-9(10)8(2)3/h2*4,9-12H,1-2,5-7H2,3H3;4H,1-2,5-7H2,3H3. The first-order valence-corrected chi connectivity index (χ1v) is 14.9. The van der Waals surface area contributed by atoms with E-state index in [9.17, 15) is 14.4 Å². The Morgan fingerprint density at radius 1 is 0.667 bits per heavy atom. The zero-order valence-corrected chi connectivity index (χ0v) is 25.8. The van der Waals surface area contributed by atoms with Gasteiger partial charge in [0.2, 0.25) is 0 Å². The minimum absolute atomic E-state index is 0.107. The molecular formula is C35H50O7. The molecule has 4 rings (SSSR count). The van der Waals surface area contributed by atoms with Crippen molar-refractivity contribution in [1.82, 2.24) is 0 Å². The van der Waals surface area contributed by atoms with E-state index in [-0.39, 0.29) is 36.7 Å². The van der Waals surface area contributed by atoms with E-state index >= 15 is 0 Å². The van der Waals surface area contributed by atoms with Crippen molar-refractivity contribution in [3.63, 3.8) is 0 Å². The maximum Gasteiger partial charge on any atom is 0.333 e. The summed E-state index contributed by atoms with van der Waals surface area (Å²) in [6.07, 6.45) is 12.8. The molecule has 0 heterocycles. The highest BCUT2D eigenvalue weighted by atomic mass is 16.6. The summed E-state index contributed by atoms with van der Waals surface area (Å²) in [5, 5.41) is 0. The molecule has 0 aromatic rings. The van der Waals surface area contributed by atoms with Crippen LogP contribution in [-0.2, 0) is 33.3 Å². The van der Waals surface area contributed by atoms with Gasteiger partial charge in [-0.25, -0.2) is 14.4 Å². The smallest absolute Gasteiger partial charge is 0.333 e. The molecule has 0 spiro atoms. The highest BCUT2D eigenvalue weighted by Gasteiger charge is 2.47. The predicted molar refractivity (Wildman–Crippen MR) is 165 cm³/mol. The van der Waals surface area contributed by atoms with Gasteiger partial charge in [-0.15, -0.1) is 19.7 Å². The minimum Gasteiger partial charge on any atom is -0.460 e. The number of hydrogen-bond donors (Lipinski definition) is 0. The number of carbonyl (C=O) groups is 3. The van der Waals surface area contributed by atoms with Crippen molar-refractivity contribution in [3.8, 4) is 0 Å². The fourth-order valence-electron chi connectivity index (χ4n) is 6.41. The molecule has 4 saturated carbocycles. The Morgan fingerprint density at radius 3 is 1.74 bits per heavy atom. The Balaban J connectivity index is 0.000000222. The van der Waals surface area contributed by atoms with Crippen molar-refractivity contribution >= 4 is 17.9 Å². The van der Waals surface area contributed by atoms with Crippen LogP contribution in [0, 0.1) is 35.5 Å². The lowest BCUT2D eigenvalue weighted by Crippen LogP contribution is -2.28. The molecular weight excluding hydrogens is 532 g/mol. The summed E-state index contributed by atoms with van der Waals surface area (Å²) in [7, 11) is 0. The molecule has 0 aromatic carbocycles. The van der Waals surface area contributed by atoms with Gasteiger partial charge in [0.25, 0.3) is 0 Å². The van der Waals surface area contributed by atoms with E-state index in [0.717, 1.165) is 25.2 Å². The zero-order valence-electron chi connectivity index (χ0n) is 25.8. The minimum atomic E-state index is -0.378. The number of rotatable bonds is 12. The maximum absolute atomic E-state index is 11.4. The highest BCUT2D eigenvalue weighted by Crippen LogP contribution is 2.51. The van der Waals surface area contributed by atoms with Crippen LogP contribution in [0.15, 0.2) is 74.4 Å². The average molecular weight is 583 g/mol. The first kappa shape index (κ1) is 35.0. The second-order valence-corrected chi connectivity index (χ2v) is 12.0. The van der Waals surface area contributed by atoms with Crippen LogP contribution in [0.1, 0.15) is 59.3 Å². The lowest BCUT2D eigenvalue weighted by Gasteiger charge is -2.27. The quantitative estimate of drug-likeness (QED) is 0.0830. The van der Waals surface area contributed by atoms with Crippen molar-refractivity contribution in [1.29, 1.82) is 0 Å². The van der Waals surface area contributed by atoms with Crippen LogP contribution in [0.2, 0.25) is 0 Å². The van der Waals surface area contributed by atoms with Crippen molar-refractivity contribution in [2.24, 2.45) is 35.5 Å². The third-order valence-electron chi connectivity index (χ3n) is 8.52. The van der Waals surface area contributed by atoms with E-state index in [2.05, 4.69) is 45.5 Å². The third-order valence-corrected chi connectivity index (χ3v) is 8.52. The second-order valence-electron chi connectivity index (χ2n) is 12.0. The number of ether oxygens (including phenoxy) is 4. The van der Waals surface area contributed by atoms with Crippen LogP contribution in [0.3, 0.4) is 0 Å². The second kappa shape index (κ2) is 17.1. The molecule has 0 aliphatic heterocycles. The Labute approximate surface area is 252 Å². The van der Waals surface area contributed by atoms with Crippen LogP contribution in [-0.4, -0.2) is 49.9 Å². The number of esters is 3. The van der Waals surface area contributed by atoms with Crippen molar-refractivity contribution in [2.75, 3.05) is 19.8 Å². The lowest BCUT2D eigenvalue weighted by atomic mass is 9.87. The van der Waals surface area contributed by atoms with Crippen LogP contribution in [0.4, 0.5) is 0 Å². The summed E-state index contributed by atoms with van der Waals surface area (Å²) in [5.41, 5.74) is 1.39. The highest BCUT2D eigenvalue weighted by molar-refractivity contribution is 5.87. The maximum atomic E-state index is 11.4. The molecule has 8 unspecified atom stereocenters. The predicted octanol–water partition coefficient (Wildman–Crippen LogP) is 6.72. The van der Waals surface area contributed by atoms with Gasteiger partial charge in [0, 0.05) is 22.6 Å². The molecule has 0 saturated heterocycles. The largest absolute Gasteiger partial charge is 0.460 e. The van der Waals surface area contributed by atoms with Gasteiger partial charge in [0.15, 0.2) is 0 Å². The molecule has 0 aromatic heterocycles. The van der Waals surface area contributed by atoms with E-state index in [1.54, 1.807) is 26.8 Å². The van der Waals surface area contributed by atoms with Crippen LogP contribution < -0.4 is 0 Å². The van der Waals surface area contributed by atoms with Crippen LogP contribution in [0.25, 0.3) is 0 Å². The van der Waals surface area contributed by atoms with Gasteiger partial charge >= 0.3 is 17.9 Å². The van der Waals surface area contributed by atoms with Crippen molar-refractivity contribution in [2.45, 2.75) is 71.5 Å². The molecule has 0 N–H and O–H groups in total. The fraction of sp³-hybridized carbons (Fsp3) is 0.571. The molecule has 42 heavy (non-hydrogen) atoms. The number of fused-ring (bicyclic) bond motifs is 4. The van der Waals surface area contributed by atoms with Gasteiger partial charge in [-0.05, 0) is 88.9 Å². The third kappa shape index (κ3) is 10.3. The Kier molecular flexibility index (Phi) is 14.2. The summed E-state index contributed by atoms with van der Waals surface area (Å²) in [4.78, 5) is 33.6. The van der Waals surface area contributed by atoms with Crippen LogP contribution in [0.5, 0.6) is 0 Å². The van der Waals surface area contributed by atoms with Crippen molar-refractivity contribution < 1.29 is 33.3 Å². The number of carbonyl (C=O) groups excluding carboxylic acids is 3. The summed E-state index contributed by atoms with van der Waals surface area (Å²) in [5.74, 6) is 2.84. The van der Waals surface area contributed by atoms with E-state index in [1.807, 2.05) is 6.08 Å². The van der Waals surface area contributed by atoms with Gasteiger partial charge in [-0.2, -0.15) is 0 Å².